The Balaban J connectivity index is 4.46. The highest BCUT2D eigenvalue weighted by Crippen LogP contribution is 2.14. The van der Waals surface area contributed by atoms with Gasteiger partial charge in [-0.1, -0.05) is 203 Å². The summed E-state index contributed by atoms with van der Waals surface area (Å²) in [6.07, 6.45) is 67.4. The average molecular weight is 907 g/mol. The van der Waals surface area contributed by atoms with Crippen LogP contribution in [0.25, 0.3) is 0 Å². The van der Waals surface area contributed by atoms with E-state index in [0.29, 0.717) is 12.8 Å². The number of carbonyl (C=O) groups is 3. The molecule has 0 aliphatic rings. The van der Waals surface area contributed by atoms with E-state index in [1.54, 1.807) is 0 Å². The van der Waals surface area contributed by atoms with Crippen LogP contribution < -0.4 is 0 Å². The van der Waals surface area contributed by atoms with Gasteiger partial charge in [-0.05, 0) is 116 Å². The van der Waals surface area contributed by atoms with Crippen molar-refractivity contribution in [3.63, 3.8) is 0 Å². The smallest absolute Gasteiger partial charge is 0.306 e. The van der Waals surface area contributed by atoms with Crippen molar-refractivity contribution in [2.24, 2.45) is 0 Å². The Bertz CT molecular complexity index is 1230. The lowest BCUT2D eigenvalue weighted by molar-refractivity contribution is -0.167. The minimum atomic E-state index is -0.797. The minimum absolute atomic E-state index is 0.0930. The summed E-state index contributed by atoms with van der Waals surface area (Å²) < 4.78 is 16.8. The summed E-state index contributed by atoms with van der Waals surface area (Å²) in [4.78, 5) is 38.0. The molecular formula is C59H102O6. The zero-order valence-corrected chi connectivity index (χ0v) is 42.7. The second-order valence-electron chi connectivity index (χ2n) is 18.1. The summed E-state index contributed by atoms with van der Waals surface area (Å²) in [6, 6.07) is 0. The van der Waals surface area contributed by atoms with Gasteiger partial charge in [-0.15, -0.1) is 0 Å². The molecule has 374 valence electrons. The molecule has 0 aliphatic heterocycles. The lowest BCUT2D eigenvalue weighted by Gasteiger charge is -2.18. The summed E-state index contributed by atoms with van der Waals surface area (Å²) in [6.45, 7) is 6.55. The molecule has 0 aromatic rings. The lowest BCUT2D eigenvalue weighted by Crippen LogP contribution is -2.30. The number of hydrogen-bond donors (Lipinski definition) is 0. The van der Waals surface area contributed by atoms with E-state index in [0.717, 1.165) is 89.9 Å². The minimum Gasteiger partial charge on any atom is -0.462 e. The third kappa shape index (κ3) is 51.7. The second kappa shape index (κ2) is 53.5. The molecule has 0 heterocycles. The summed E-state index contributed by atoms with van der Waals surface area (Å²) in [7, 11) is 0. The van der Waals surface area contributed by atoms with Crippen LogP contribution in [-0.2, 0) is 28.6 Å². The highest BCUT2D eigenvalue weighted by molar-refractivity contribution is 5.71. The van der Waals surface area contributed by atoms with E-state index in [-0.39, 0.29) is 37.5 Å². The quantitative estimate of drug-likeness (QED) is 0.0262. The van der Waals surface area contributed by atoms with E-state index < -0.39 is 6.10 Å². The number of allylic oxidation sites excluding steroid dienone is 12. The monoisotopic (exact) mass is 907 g/mol. The van der Waals surface area contributed by atoms with Gasteiger partial charge in [0.05, 0.1) is 0 Å². The van der Waals surface area contributed by atoms with Gasteiger partial charge in [0.15, 0.2) is 6.10 Å². The van der Waals surface area contributed by atoms with Crippen LogP contribution in [-0.4, -0.2) is 37.2 Å². The Morgan fingerprint density at radius 1 is 0.308 bits per heavy atom. The highest BCUT2D eigenvalue weighted by atomic mass is 16.6. The fraction of sp³-hybridized carbons (Fsp3) is 0.746. The van der Waals surface area contributed by atoms with Gasteiger partial charge in [0.2, 0.25) is 0 Å². The third-order valence-corrected chi connectivity index (χ3v) is 11.7. The summed E-state index contributed by atoms with van der Waals surface area (Å²) in [5.41, 5.74) is 0. The fourth-order valence-electron chi connectivity index (χ4n) is 7.47. The van der Waals surface area contributed by atoms with Crippen LogP contribution in [0.5, 0.6) is 0 Å². The number of esters is 3. The predicted molar refractivity (Wildman–Crippen MR) is 279 cm³/mol. The number of unbranched alkanes of at least 4 members (excludes halogenated alkanes) is 26. The molecule has 0 N–H and O–H groups in total. The Labute approximate surface area is 402 Å². The van der Waals surface area contributed by atoms with Crippen molar-refractivity contribution in [1.82, 2.24) is 0 Å². The van der Waals surface area contributed by atoms with Crippen LogP contribution in [0.2, 0.25) is 0 Å². The first-order chi connectivity index (χ1) is 32.0. The van der Waals surface area contributed by atoms with Crippen molar-refractivity contribution in [2.75, 3.05) is 13.2 Å². The average Bonchev–Trinajstić information content (AvgIpc) is 3.30. The van der Waals surface area contributed by atoms with Gasteiger partial charge in [0.1, 0.15) is 13.2 Å². The van der Waals surface area contributed by atoms with E-state index in [1.165, 1.54) is 135 Å². The van der Waals surface area contributed by atoms with Gasteiger partial charge in [-0.2, -0.15) is 0 Å². The lowest BCUT2D eigenvalue weighted by atomic mass is 10.1. The van der Waals surface area contributed by atoms with E-state index >= 15 is 0 Å². The molecule has 6 heteroatoms. The SMILES string of the molecule is CCCCC/C=C\C/C=C\C/C=C\C/C=C\CCCCCC(=O)O[C@@H](COC(=O)CCCCCCC/C=C\CCCCCC)COC(=O)CCCCCCCCC/C=C\CCCCCC. The fourth-order valence-corrected chi connectivity index (χ4v) is 7.47. The Hall–Kier alpha value is -3.15. The van der Waals surface area contributed by atoms with Crippen molar-refractivity contribution >= 4 is 17.9 Å². The van der Waals surface area contributed by atoms with Crippen LogP contribution in [0.4, 0.5) is 0 Å². The molecule has 0 rings (SSSR count). The van der Waals surface area contributed by atoms with Crippen LogP contribution >= 0.6 is 0 Å². The van der Waals surface area contributed by atoms with Crippen LogP contribution in [0.3, 0.4) is 0 Å². The zero-order valence-electron chi connectivity index (χ0n) is 42.7. The summed E-state index contributed by atoms with van der Waals surface area (Å²) >= 11 is 0. The standard InChI is InChI=1S/C59H102O6/c1-4-7-10-13-16-19-22-25-27-28-29-30-32-35-38-41-44-47-50-53-59(62)65-56(54-63-57(60)51-48-45-42-39-36-33-24-21-18-15-12-9-6-3)55-64-58(61)52-49-46-43-40-37-34-31-26-23-20-17-14-11-8-5-2/h16,19-21,23-25,27,29-30,35,38,56H,4-15,17-18,22,26,28,31-34,36-37,39-55H2,1-3H3/b19-16-,23-20-,24-21-,27-25-,30-29-,38-35-/t56-/m0/s1. The van der Waals surface area contributed by atoms with Crippen LogP contribution in [0.15, 0.2) is 72.9 Å². The molecule has 6 nitrogen and oxygen atoms in total. The van der Waals surface area contributed by atoms with E-state index in [1.807, 2.05) is 0 Å². The molecule has 0 radical (unpaired) electrons. The molecule has 0 aromatic carbocycles. The molecule has 65 heavy (non-hydrogen) atoms. The molecule has 0 aromatic heterocycles. The maximum atomic E-state index is 12.8. The summed E-state index contributed by atoms with van der Waals surface area (Å²) in [5, 5.41) is 0. The van der Waals surface area contributed by atoms with Gasteiger partial charge in [-0.25, -0.2) is 0 Å². The maximum Gasteiger partial charge on any atom is 0.306 e. The van der Waals surface area contributed by atoms with Crippen molar-refractivity contribution < 1.29 is 28.6 Å². The van der Waals surface area contributed by atoms with Crippen molar-refractivity contribution in [3.05, 3.63) is 72.9 Å². The first-order valence-electron chi connectivity index (χ1n) is 27.4. The molecule has 0 saturated heterocycles. The third-order valence-electron chi connectivity index (χ3n) is 11.7. The molecule has 0 saturated carbocycles. The Morgan fingerprint density at radius 2 is 0.554 bits per heavy atom. The predicted octanol–water partition coefficient (Wildman–Crippen LogP) is 18.2. The largest absolute Gasteiger partial charge is 0.462 e. The molecule has 0 fully saturated rings. The first kappa shape index (κ1) is 61.9. The molecule has 0 spiro atoms. The molecule has 0 aliphatic carbocycles. The van der Waals surface area contributed by atoms with E-state index in [2.05, 4.69) is 93.7 Å². The van der Waals surface area contributed by atoms with E-state index in [4.69, 9.17) is 14.2 Å². The van der Waals surface area contributed by atoms with Gasteiger partial charge in [-0.3, -0.25) is 14.4 Å². The molecule has 0 bridgehead atoms. The number of rotatable bonds is 49. The highest BCUT2D eigenvalue weighted by Gasteiger charge is 2.19. The van der Waals surface area contributed by atoms with Crippen LogP contribution in [0.1, 0.15) is 265 Å². The summed E-state index contributed by atoms with van der Waals surface area (Å²) in [5.74, 6) is -0.933. The zero-order chi connectivity index (χ0) is 47.2. The van der Waals surface area contributed by atoms with Crippen molar-refractivity contribution in [3.8, 4) is 0 Å². The van der Waals surface area contributed by atoms with Gasteiger partial charge in [0, 0.05) is 19.3 Å². The molecule has 1 atom stereocenters. The van der Waals surface area contributed by atoms with E-state index in [9.17, 15) is 14.4 Å². The van der Waals surface area contributed by atoms with Crippen molar-refractivity contribution in [2.45, 2.75) is 271 Å². The van der Waals surface area contributed by atoms with Crippen LogP contribution in [0, 0.1) is 0 Å². The number of ether oxygens (including phenoxy) is 3. The Morgan fingerprint density at radius 3 is 0.923 bits per heavy atom. The number of hydrogen-bond acceptors (Lipinski definition) is 6. The normalized spacial score (nSPS) is 12.6. The first-order valence-corrected chi connectivity index (χ1v) is 27.4. The second-order valence-corrected chi connectivity index (χ2v) is 18.1. The van der Waals surface area contributed by atoms with Gasteiger partial charge in [0.25, 0.3) is 0 Å². The number of carbonyl (C=O) groups excluding carboxylic acids is 3. The van der Waals surface area contributed by atoms with Gasteiger partial charge < -0.3 is 14.2 Å². The Kier molecular flexibility index (Phi) is 50.9. The topological polar surface area (TPSA) is 78.9 Å². The molecular weight excluding hydrogens is 805 g/mol. The molecule has 0 unspecified atom stereocenters. The van der Waals surface area contributed by atoms with Crippen molar-refractivity contribution in [1.29, 1.82) is 0 Å². The molecule has 0 amide bonds. The maximum absolute atomic E-state index is 12.8. The van der Waals surface area contributed by atoms with Gasteiger partial charge >= 0.3 is 17.9 Å².